The van der Waals surface area contributed by atoms with E-state index in [1.165, 1.54) is 0 Å². The molecule has 3 aromatic heterocycles. The molecule has 5 rings (SSSR count). The predicted molar refractivity (Wildman–Crippen MR) is 111 cm³/mol. The van der Waals surface area contributed by atoms with Gasteiger partial charge in [-0.05, 0) is 49.8 Å². The number of pyridine rings is 1. The van der Waals surface area contributed by atoms with Gasteiger partial charge in [0.2, 0.25) is 0 Å². The van der Waals surface area contributed by atoms with Crippen molar-refractivity contribution in [2.45, 2.75) is 31.3 Å². The Balaban J connectivity index is 1.13. The number of hydrogen-bond donors (Lipinski definition) is 2. The first-order valence-corrected chi connectivity index (χ1v) is 10.2. The van der Waals surface area contributed by atoms with E-state index in [1.807, 2.05) is 12.1 Å². The number of carbonyl (C=O) groups excluding carboxylic acids is 1. The van der Waals surface area contributed by atoms with Gasteiger partial charge in [-0.3, -0.25) is 10.00 Å². The first-order chi connectivity index (χ1) is 14.7. The lowest BCUT2D eigenvalue weighted by molar-refractivity contribution is 0.0148. The van der Waals surface area contributed by atoms with Gasteiger partial charge in [-0.15, -0.1) is 0 Å². The van der Waals surface area contributed by atoms with Crippen LogP contribution in [-0.4, -0.2) is 49.9 Å². The highest BCUT2D eigenvalue weighted by Crippen LogP contribution is 2.40. The van der Waals surface area contributed by atoms with Crippen LogP contribution in [0.1, 0.15) is 25.7 Å². The third-order valence-electron chi connectivity index (χ3n) is 5.94. The van der Waals surface area contributed by atoms with Crippen LogP contribution in [0.25, 0.3) is 11.4 Å². The number of anilines is 2. The summed E-state index contributed by atoms with van der Waals surface area (Å²) in [6, 6.07) is 5.73. The molecule has 2 fully saturated rings. The van der Waals surface area contributed by atoms with Gasteiger partial charge in [0.05, 0.1) is 18.4 Å². The Morgan fingerprint density at radius 3 is 2.70 bits per heavy atom. The van der Waals surface area contributed by atoms with Gasteiger partial charge < -0.3 is 10.1 Å². The summed E-state index contributed by atoms with van der Waals surface area (Å²) in [6.45, 7) is 1.44. The first kappa shape index (κ1) is 18.5. The van der Waals surface area contributed by atoms with Crippen LogP contribution in [0.3, 0.4) is 0 Å². The smallest absolute Gasteiger partial charge is 0.415 e. The molecular weight excluding hydrogens is 382 g/mol. The van der Waals surface area contributed by atoms with E-state index in [-0.39, 0.29) is 11.7 Å². The van der Waals surface area contributed by atoms with Crippen LogP contribution in [0.5, 0.6) is 0 Å². The normalized spacial score (nSPS) is 23.5. The highest BCUT2D eigenvalue weighted by molar-refractivity contribution is 5.89. The Morgan fingerprint density at radius 2 is 2.00 bits per heavy atom. The van der Waals surface area contributed by atoms with Crippen molar-refractivity contribution < 1.29 is 9.53 Å². The molecule has 0 bridgehead atoms. The van der Waals surface area contributed by atoms with Crippen molar-refractivity contribution in [1.29, 1.82) is 0 Å². The van der Waals surface area contributed by atoms with Crippen LogP contribution in [-0.2, 0) is 4.74 Å². The van der Waals surface area contributed by atoms with Gasteiger partial charge in [0.1, 0.15) is 11.4 Å². The summed E-state index contributed by atoms with van der Waals surface area (Å²) < 4.78 is 5.79. The second-order valence-electron chi connectivity index (χ2n) is 7.92. The fourth-order valence-corrected chi connectivity index (χ4v) is 4.21. The monoisotopic (exact) mass is 405 g/mol. The number of aromatic nitrogens is 5. The number of nitrogens with one attached hydrogen (secondary N) is 2. The highest BCUT2D eigenvalue weighted by Gasteiger charge is 2.47. The third kappa shape index (κ3) is 3.70. The van der Waals surface area contributed by atoms with E-state index in [2.05, 4.69) is 30.5 Å². The molecule has 3 aromatic rings. The minimum Gasteiger partial charge on any atom is -0.441 e. The summed E-state index contributed by atoms with van der Waals surface area (Å²) in [5.74, 6) is 2.04. The second-order valence-corrected chi connectivity index (χ2v) is 7.92. The maximum atomic E-state index is 12.3. The SMILES string of the molecule is O=C1O[C@]2(CC[C@H](CNc3ccc(-c4ncccn4)cn3)CC2)CN1c1cn[nH]c1. The van der Waals surface area contributed by atoms with Crippen LogP contribution in [0, 0.1) is 5.92 Å². The van der Waals surface area contributed by atoms with E-state index >= 15 is 0 Å². The summed E-state index contributed by atoms with van der Waals surface area (Å²) in [7, 11) is 0. The largest absolute Gasteiger partial charge is 0.441 e. The fourth-order valence-electron chi connectivity index (χ4n) is 4.21. The van der Waals surface area contributed by atoms with Crippen LogP contribution in [0.15, 0.2) is 49.2 Å². The van der Waals surface area contributed by atoms with Crippen LogP contribution >= 0.6 is 0 Å². The zero-order chi connectivity index (χ0) is 20.4. The fraction of sp³-hybridized carbons (Fsp3) is 0.381. The number of amides is 1. The summed E-state index contributed by atoms with van der Waals surface area (Å²) in [5, 5.41) is 10.1. The standard InChI is InChI=1S/C21H23N7O2/c29-20-28(17-12-26-27-13-17)14-21(30-20)6-4-15(5-7-21)10-24-18-3-2-16(11-25-18)19-22-8-1-9-23-19/h1-3,8-9,11-13,15H,4-7,10,14H2,(H,24,25)(H,26,27)/t15-,21-. The maximum absolute atomic E-state index is 12.3. The van der Waals surface area contributed by atoms with E-state index in [9.17, 15) is 4.79 Å². The lowest BCUT2D eigenvalue weighted by atomic mass is 9.78. The zero-order valence-electron chi connectivity index (χ0n) is 16.5. The van der Waals surface area contributed by atoms with Crippen molar-refractivity contribution in [1.82, 2.24) is 25.1 Å². The quantitative estimate of drug-likeness (QED) is 0.670. The predicted octanol–water partition coefficient (Wildman–Crippen LogP) is 3.26. The van der Waals surface area contributed by atoms with Crippen molar-refractivity contribution in [2.24, 2.45) is 5.92 Å². The summed E-state index contributed by atoms with van der Waals surface area (Å²) >= 11 is 0. The van der Waals surface area contributed by atoms with E-state index in [1.54, 1.807) is 42.0 Å². The van der Waals surface area contributed by atoms with Crippen molar-refractivity contribution in [3.05, 3.63) is 49.2 Å². The highest BCUT2D eigenvalue weighted by atomic mass is 16.6. The molecular formula is C21H23N7O2. The Morgan fingerprint density at radius 1 is 1.17 bits per heavy atom. The molecule has 2 aliphatic rings. The molecule has 2 N–H and O–H groups in total. The Kier molecular flexibility index (Phi) is 4.78. The number of ether oxygens (including phenoxy) is 1. The lowest BCUT2D eigenvalue weighted by Crippen LogP contribution is -2.39. The molecule has 1 saturated carbocycles. The third-order valence-corrected chi connectivity index (χ3v) is 5.94. The van der Waals surface area contributed by atoms with Gasteiger partial charge >= 0.3 is 6.09 Å². The van der Waals surface area contributed by atoms with Crippen LogP contribution in [0.2, 0.25) is 0 Å². The van der Waals surface area contributed by atoms with Crippen LogP contribution < -0.4 is 10.2 Å². The number of hydrogen-bond acceptors (Lipinski definition) is 7. The molecule has 1 spiro atoms. The van der Waals surface area contributed by atoms with Gasteiger partial charge in [-0.2, -0.15) is 5.10 Å². The van der Waals surface area contributed by atoms with Gasteiger partial charge in [-0.1, -0.05) is 0 Å². The second kappa shape index (κ2) is 7.74. The molecule has 1 aliphatic heterocycles. The van der Waals surface area contributed by atoms with Crippen molar-refractivity contribution in [2.75, 3.05) is 23.3 Å². The zero-order valence-corrected chi connectivity index (χ0v) is 16.5. The Labute approximate surface area is 173 Å². The van der Waals surface area contributed by atoms with E-state index in [4.69, 9.17) is 4.74 Å². The van der Waals surface area contributed by atoms with Gasteiger partial charge in [-0.25, -0.2) is 19.7 Å². The van der Waals surface area contributed by atoms with E-state index in [0.29, 0.717) is 18.3 Å². The lowest BCUT2D eigenvalue weighted by Gasteiger charge is -2.35. The minimum atomic E-state index is -0.375. The Hall–Kier alpha value is -3.49. The molecule has 9 heteroatoms. The number of nitrogens with zero attached hydrogens (tertiary/aromatic N) is 5. The molecule has 1 saturated heterocycles. The molecule has 4 heterocycles. The summed E-state index contributed by atoms with van der Waals surface area (Å²) in [5.41, 5.74) is 1.28. The molecule has 0 aromatic carbocycles. The molecule has 0 atom stereocenters. The van der Waals surface area contributed by atoms with Gasteiger partial charge in [0, 0.05) is 36.9 Å². The molecule has 0 unspecified atom stereocenters. The average molecular weight is 405 g/mol. The number of carbonyl (C=O) groups is 1. The van der Waals surface area contributed by atoms with Crippen molar-refractivity contribution >= 4 is 17.6 Å². The van der Waals surface area contributed by atoms with E-state index < -0.39 is 0 Å². The molecule has 30 heavy (non-hydrogen) atoms. The topological polar surface area (TPSA) is 109 Å². The molecule has 154 valence electrons. The first-order valence-electron chi connectivity index (χ1n) is 10.2. The maximum Gasteiger partial charge on any atom is 0.415 e. The number of rotatable bonds is 5. The van der Waals surface area contributed by atoms with Gasteiger partial charge in [0.25, 0.3) is 0 Å². The van der Waals surface area contributed by atoms with Crippen molar-refractivity contribution in [3.8, 4) is 11.4 Å². The molecule has 1 amide bonds. The Bertz CT molecular complexity index is 984. The molecule has 9 nitrogen and oxygen atoms in total. The van der Waals surface area contributed by atoms with Crippen LogP contribution in [0.4, 0.5) is 16.3 Å². The molecule has 1 aliphatic carbocycles. The summed E-state index contributed by atoms with van der Waals surface area (Å²) in [6.07, 6.45) is 12.1. The number of H-pyrrole nitrogens is 1. The number of aromatic amines is 1. The van der Waals surface area contributed by atoms with E-state index in [0.717, 1.165) is 49.3 Å². The molecule has 0 radical (unpaired) electrons. The average Bonchev–Trinajstić information content (AvgIpc) is 3.43. The summed E-state index contributed by atoms with van der Waals surface area (Å²) in [4.78, 5) is 26.9. The van der Waals surface area contributed by atoms with Crippen molar-refractivity contribution in [3.63, 3.8) is 0 Å². The van der Waals surface area contributed by atoms with Gasteiger partial charge in [0.15, 0.2) is 5.82 Å². The minimum absolute atomic E-state index is 0.278.